The zero-order valence-electron chi connectivity index (χ0n) is 21.2. The fraction of sp³-hybridized carbons (Fsp3) is 0.464. The summed E-state index contributed by atoms with van der Waals surface area (Å²) in [5.41, 5.74) is 4.09. The number of aryl methyl sites for hydroxylation is 3. The largest absolute Gasteiger partial charge is 0.485 e. The molecule has 2 aliphatic heterocycles. The van der Waals surface area contributed by atoms with E-state index in [1.54, 1.807) is 23.1 Å². The highest BCUT2D eigenvalue weighted by molar-refractivity contribution is 6.02. The fourth-order valence-electron chi connectivity index (χ4n) is 4.76. The molecule has 1 N–H and O–H groups in total. The van der Waals surface area contributed by atoms with Gasteiger partial charge >= 0.3 is 0 Å². The number of carbonyl (C=O) groups excluding carboxylic acids is 3. The van der Waals surface area contributed by atoms with Crippen molar-refractivity contribution in [3.8, 4) is 11.5 Å². The van der Waals surface area contributed by atoms with Crippen molar-refractivity contribution in [2.75, 3.05) is 37.8 Å². The number of Topliss-reactive ketones (excluding diaryl/α,β-unsaturated/α-hetero) is 1. The summed E-state index contributed by atoms with van der Waals surface area (Å²) >= 11 is 0. The SMILES string of the molecule is Cc1cc(C)c(OCC(=O)c2ccc3c(c2)N(CCCC(=O)NCC2CCCO2)C(=O)CO3)c(C)c1. The first kappa shape index (κ1) is 25.7. The Balaban J connectivity index is 1.36. The molecule has 0 saturated carbocycles. The molecule has 0 radical (unpaired) electrons. The van der Waals surface area contributed by atoms with Crippen LogP contribution in [0, 0.1) is 20.8 Å². The van der Waals surface area contributed by atoms with Gasteiger partial charge in [-0.15, -0.1) is 0 Å². The van der Waals surface area contributed by atoms with E-state index in [9.17, 15) is 14.4 Å². The number of benzene rings is 2. The maximum absolute atomic E-state index is 12.9. The second-order valence-corrected chi connectivity index (χ2v) is 9.50. The van der Waals surface area contributed by atoms with Crippen LogP contribution in [0.4, 0.5) is 5.69 Å². The van der Waals surface area contributed by atoms with Gasteiger partial charge in [-0.25, -0.2) is 0 Å². The third-order valence-electron chi connectivity index (χ3n) is 6.51. The maximum Gasteiger partial charge on any atom is 0.265 e. The van der Waals surface area contributed by atoms with Crippen molar-refractivity contribution in [2.45, 2.75) is 52.6 Å². The van der Waals surface area contributed by atoms with Crippen LogP contribution in [0.5, 0.6) is 11.5 Å². The van der Waals surface area contributed by atoms with Crippen molar-refractivity contribution in [1.82, 2.24) is 5.32 Å². The summed E-state index contributed by atoms with van der Waals surface area (Å²) < 4.78 is 17.0. The van der Waals surface area contributed by atoms with Crippen LogP contribution in [0.2, 0.25) is 0 Å². The van der Waals surface area contributed by atoms with Gasteiger partial charge in [0.1, 0.15) is 11.5 Å². The number of anilines is 1. The zero-order valence-corrected chi connectivity index (χ0v) is 21.2. The molecule has 0 spiro atoms. The van der Waals surface area contributed by atoms with E-state index in [4.69, 9.17) is 14.2 Å². The van der Waals surface area contributed by atoms with Crippen LogP contribution in [0.3, 0.4) is 0 Å². The molecule has 1 atom stereocenters. The van der Waals surface area contributed by atoms with Crippen LogP contribution in [0.15, 0.2) is 30.3 Å². The van der Waals surface area contributed by atoms with Crippen molar-refractivity contribution >= 4 is 23.3 Å². The number of rotatable bonds is 10. The van der Waals surface area contributed by atoms with E-state index in [-0.39, 0.29) is 36.9 Å². The zero-order chi connectivity index (χ0) is 25.7. The van der Waals surface area contributed by atoms with Gasteiger partial charge in [0, 0.05) is 31.7 Å². The van der Waals surface area contributed by atoms with Gasteiger partial charge < -0.3 is 24.4 Å². The van der Waals surface area contributed by atoms with E-state index < -0.39 is 0 Å². The molecule has 1 fully saturated rings. The lowest BCUT2D eigenvalue weighted by molar-refractivity contribution is -0.123. The average molecular weight is 495 g/mol. The van der Waals surface area contributed by atoms with E-state index in [0.29, 0.717) is 48.7 Å². The molecule has 0 aliphatic carbocycles. The lowest BCUT2D eigenvalue weighted by atomic mass is 10.1. The van der Waals surface area contributed by atoms with Crippen molar-refractivity contribution < 1.29 is 28.6 Å². The lowest BCUT2D eigenvalue weighted by Gasteiger charge is -2.29. The van der Waals surface area contributed by atoms with Gasteiger partial charge in [0.2, 0.25) is 5.91 Å². The molecule has 2 heterocycles. The molecule has 192 valence electrons. The number of carbonyl (C=O) groups is 3. The van der Waals surface area contributed by atoms with E-state index >= 15 is 0 Å². The minimum Gasteiger partial charge on any atom is -0.485 e. The summed E-state index contributed by atoms with van der Waals surface area (Å²) in [6.07, 6.45) is 2.89. The molecule has 1 unspecified atom stereocenters. The summed E-state index contributed by atoms with van der Waals surface area (Å²) in [5.74, 6) is 0.803. The minimum absolute atomic E-state index is 0.0609. The standard InChI is InChI=1S/C28H34N2O6/c1-18-12-19(2)28(20(3)13-18)36-16-24(31)21-8-9-25-23(14-21)30(27(33)17-35-25)10-4-7-26(32)29-15-22-6-5-11-34-22/h8-9,12-14,22H,4-7,10-11,15-17H2,1-3H3,(H,29,32). The third-order valence-corrected chi connectivity index (χ3v) is 6.51. The number of nitrogens with one attached hydrogen (secondary N) is 1. The normalized spacial score (nSPS) is 16.9. The van der Waals surface area contributed by atoms with Crippen LogP contribution in [-0.2, 0) is 14.3 Å². The quantitative estimate of drug-likeness (QED) is 0.507. The molecule has 8 nitrogen and oxygen atoms in total. The van der Waals surface area contributed by atoms with Gasteiger partial charge in [-0.3, -0.25) is 14.4 Å². The van der Waals surface area contributed by atoms with E-state index in [2.05, 4.69) is 5.32 Å². The second kappa shape index (κ2) is 11.6. The number of hydrogen-bond acceptors (Lipinski definition) is 6. The molecule has 2 aliphatic rings. The predicted octanol–water partition coefficient (Wildman–Crippen LogP) is 3.67. The minimum atomic E-state index is -0.200. The average Bonchev–Trinajstić information content (AvgIpc) is 3.37. The van der Waals surface area contributed by atoms with Crippen LogP contribution >= 0.6 is 0 Å². The molecule has 2 aromatic rings. The Morgan fingerprint density at radius 3 is 2.64 bits per heavy atom. The van der Waals surface area contributed by atoms with Crippen molar-refractivity contribution in [1.29, 1.82) is 0 Å². The Bertz CT molecular complexity index is 1120. The van der Waals surface area contributed by atoms with Crippen molar-refractivity contribution in [2.24, 2.45) is 0 Å². The number of fused-ring (bicyclic) bond motifs is 1. The monoisotopic (exact) mass is 494 g/mol. The van der Waals surface area contributed by atoms with E-state index in [1.165, 1.54) is 0 Å². The van der Waals surface area contributed by atoms with E-state index in [1.807, 2.05) is 32.9 Å². The van der Waals surface area contributed by atoms with Gasteiger partial charge in [0.15, 0.2) is 19.0 Å². The summed E-state index contributed by atoms with van der Waals surface area (Å²) in [6.45, 7) is 7.40. The Labute approximate surface area is 211 Å². The van der Waals surface area contributed by atoms with Crippen LogP contribution in [-0.4, -0.2) is 56.6 Å². The fourth-order valence-corrected chi connectivity index (χ4v) is 4.76. The van der Waals surface area contributed by atoms with Gasteiger partial charge in [0.05, 0.1) is 11.8 Å². The topological polar surface area (TPSA) is 94.2 Å². The Hall–Kier alpha value is -3.39. The number of nitrogens with zero attached hydrogens (tertiary/aromatic N) is 1. The smallest absolute Gasteiger partial charge is 0.265 e. The van der Waals surface area contributed by atoms with Crippen LogP contribution in [0.25, 0.3) is 0 Å². The number of hydrogen-bond donors (Lipinski definition) is 1. The predicted molar refractivity (Wildman–Crippen MR) is 136 cm³/mol. The van der Waals surface area contributed by atoms with E-state index in [0.717, 1.165) is 36.1 Å². The molecule has 36 heavy (non-hydrogen) atoms. The van der Waals surface area contributed by atoms with Crippen molar-refractivity contribution in [3.05, 3.63) is 52.6 Å². The first-order chi connectivity index (χ1) is 17.3. The summed E-state index contributed by atoms with van der Waals surface area (Å²) in [7, 11) is 0. The molecule has 4 rings (SSSR count). The third kappa shape index (κ3) is 6.23. The number of ketones is 1. The molecule has 2 amide bonds. The summed E-state index contributed by atoms with van der Waals surface area (Å²) in [5, 5.41) is 2.90. The molecule has 8 heteroatoms. The summed E-state index contributed by atoms with van der Waals surface area (Å²) in [4.78, 5) is 39.3. The van der Waals surface area contributed by atoms with Gasteiger partial charge in [-0.05, 0) is 69.4 Å². The first-order valence-corrected chi connectivity index (χ1v) is 12.5. The van der Waals surface area contributed by atoms with Gasteiger partial charge in [-0.1, -0.05) is 17.7 Å². The Morgan fingerprint density at radius 2 is 1.92 bits per heavy atom. The number of amides is 2. The highest BCUT2D eigenvalue weighted by Gasteiger charge is 2.27. The summed E-state index contributed by atoms with van der Waals surface area (Å²) in [6, 6.07) is 9.11. The van der Waals surface area contributed by atoms with Crippen LogP contribution < -0.4 is 19.7 Å². The van der Waals surface area contributed by atoms with Gasteiger partial charge in [0.25, 0.3) is 5.91 Å². The van der Waals surface area contributed by atoms with Crippen LogP contribution in [0.1, 0.15) is 52.7 Å². The first-order valence-electron chi connectivity index (χ1n) is 12.5. The Morgan fingerprint density at radius 1 is 1.14 bits per heavy atom. The molecule has 0 bridgehead atoms. The molecular formula is C28H34N2O6. The van der Waals surface area contributed by atoms with Gasteiger partial charge in [-0.2, -0.15) is 0 Å². The lowest BCUT2D eigenvalue weighted by Crippen LogP contribution is -2.40. The molecule has 1 saturated heterocycles. The highest BCUT2D eigenvalue weighted by atomic mass is 16.5. The molecule has 0 aromatic heterocycles. The number of ether oxygens (including phenoxy) is 3. The maximum atomic E-state index is 12.9. The highest BCUT2D eigenvalue weighted by Crippen LogP contribution is 2.33. The Kier molecular flexibility index (Phi) is 8.25. The molecular weight excluding hydrogens is 460 g/mol. The molecule has 2 aromatic carbocycles. The second-order valence-electron chi connectivity index (χ2n) is 9.50. The van der Waals surface area contributed by atoms with Crippen molar-refractivity contribution in [3.63, 3.8) is 0 Å².